The van der Waals surface area contributed by atoms with Crippen LogP contribution >= 0.6 is 0 Å². The van der Waals surface area contributed by atoms with Gasteiger partial charge in [0.15, 0.2) is 6.17 Å². The number of alkyl halides is 2. The van der Waals surface area contributed by atoms with Crippen LogP contribution in [0.4, 0.5) is 8.78 Å². The molecule has 0 spiro atoms. The van der Waals surface area contributed by atoms with Crippen molar-refractivity contribution in [3.05, 3.63) is 23.7 Å². The van der Waals surface area contributed by atoms with Crippen LogP contribution in [-0.4, -0.2) is 31.1 Å². The molecule has 2 aliphatic heterocycles. The number of guanidine groups is 1. The lowest BCUT2D eigenvalue weighted by molar-refractivity contribution is 0.125. The van der Waals surface area contributed by atoms with E-state index in [9.17, 15) is 8.78 Å². The van der Waals surface area contributed by atoms with Crippen LogP contribution in [0.1, 0.15) is 0 Å². The lowest BCUT2D eigenvalue weighted by Gasteiger charge is -2.18. The summed E-state index contributed by atoms with van der Waals surface area (Å²) in [7, 11) is 0. The van der Waals surface area contributed by atoms with Gasteiger partial charge in [-0.2, -0.15) is 13.8 Å². The van der Waals surface area contributed by atoms with Crippen LogP contribution in [0.3, 0.4) is 0 Å². The average molecular weight is 272 g/mol. The predicted molar refractivity (Wildman–Crippen MR) is 66.6 cm³/mol. The molecule has 8 nitrogen and oxygen atoms in total. The fourth-order valence-corrected chi connectivity index (χ4v) is 1.51. The second-order valence-corrected chi connectivity index (χ2v) is 3.71. The number of nitrogens with two attached hydrogens (primary N) is 2. The van der Waals surface area contributed by atoms with E-state index < -0.39 is 6.55 Å². The van der Waals surface area contributed by atoms with E-state index in [1.807, 2.05) is 5.32 Å². The highest BCUT2D eigenvalue weighted by atomic mass is 19.3. The molecule has 0 aromatic carbocycles. The molecule has 0 aliphatic carbocycles. The monoisotopic (exact) mass is 272 g/mol. The fourth-order valence-electron chi connectivity index (χ4n) is 1.51. The molecule has 0 saturated carbocycles. The maximum absolute atomic E-state index is 12.0. The summed E-state index contributed by atoms with van der Waals surface area (Å²) in [5.41, 5.74) is 17.8. The largest absolute Gasteiger partial charge is 0.383 e. The van der Waals surface area contributed by atoms with Crippen molar-refractivity contribution >= 4 is 11.8 Å². The van der Waals surface area contributed by atoms with E-state index in [0.29, 0.717) is 5.70 Å². The average Bonchev–Trinajstić information content (AvgIpc) is 2.83. The second-order valence-electron chi connectivity index (χ2n) is 3.71. The zero-order valence-electron chi connectivity index (χ0n) is 9.82. The molecule has 2 heterocycles. The number of hydrogen-bond acceptors (Lipinski definition) is 8. The highest BCUT2D eigenvalue weighted by molar-refractivity contribution is 6.08. The molecule has 0 amide bonds. The number of nitrogens with zero attached hydrogens (tertiary/aromatic N) is 2. The van der Waals surface area contributed by atoms with Gasteiger partial charge in [-0.1, -0.05) is 0 Å². The van der Waals surface area contributed by atoms with Crippen LogP contribution in [0.15, 0.2) is 33.7 Å². The van der Waals surface area contributed by atoms with Gasteiger partial charge in [0.05, 0.1) is 5.57 Å². The third-order valence-electron chi connectivity index (χ3n) is 2.39. The van der Waals surface area contributed by atoms with Crippen LogP contribution in [0, 0.1) is 0 Å². The molecular weight excluding hydrogens is 258 g/mol. The summed E-state index contributed by atoms with van der Waals surface area (Å²) in [6.45, 7) is -2.65. The number of hydrazine groups is 1. The van der Waals surface area contributed by atoms with Gasteiger partial charge in [-0.05, 0) is 0 Å². The molecule has 0 radical (unpaired) electrons. The number of aliphatic imine (C=N–C) groups is 2. The Balaban J connectivity index is 2.06. The third kappa shape index (κ3) is 3.17. The Labute approximate surface area is 107 Å². The third-order valence-corrected chi connectivity index (χ3v) is 2.39. The SMILES string of the molecule is NC/C(=C\NC(F)F)NC1=NC2NNC=C2C(N)=N1. The fraction of sp³-hybridized carbons (Fsp3) is 0.333. The van der Waals surface area contributed by atoms with E-state index >= 15 is 0 Å². The molecule has 0 fully saturated rings. The van der Waals surface area contributed by atoms with Crippen molar-refractivity contribution in [2.24, 2.45) is 21.5 Å². The summed E-state index contributed by atoms with van der Waals surface area (Å²) < 4.78 is 24.0. The van der Waals surface area contributed by atoms with E-state index in [2.05, 4.69) is 26.2 Å². The maximum Gasteiger partial charge on any atom is 0.312 e. The molecular formula is C9H14F2N8. The van der Waals surface area contributed by atoms with Gasteiger partial charge in [-0.3, -0.25) is 0 Å². The van der Waals surface area contributed by atoms with Crippen molar-refractivity contribution < 1.29 is 8.78 Å². The quantitative estimate of drug-likeness (QED) is 0.337. The molecule has 1 atom stereocenters. The van der Waals surface area contributed by atoms with Crippen molar-refractivity contribution in [2.45, 2.75) is 12.7 Å². The molecule has 104 valence electrons. The molecule has 2 rings (SSSR count). The first-order valence-corrected chi connectivity index (χ1v) is 5.44. The zero-order chi connectivity index (χ0) is 13.8. The van der Waals surface area contributed by atoms with E-state index in [0.717, 1.165) is 11.8 Å². The van der Waals surface area contributed by atoms with Crippen LogP contribution in [0.2, 0.25) is 0 Å². The summed E-state index contributed by atoms with van der Waals surface area (Å²) in [5, 5.41) is 4.56. The van der Waals surface area contributed by atoms with Gasteiger partial charge in [0.2, 0.25) is 5.96 Å². The van der Waals surface area contributed by atoms with Crippen molar-refractivity contribution in [3.63, 3.8) is 0 Å². The minimum atomic E-state index is -2.67. The van der Waals surface area contributed by atoms with E-state index in [-0.39, 0.29) is 24.5 Å². The molecule has 2 aliphatic rings. The van der Waals surface area contributed by atoms with Crippen molar-refractivity contribution in [2.75, 3.05) is 6.54 Å². The minimum absolute atomic E-state index is 0.0210. The first kappa shape index (κ1) is 13.2. The summed E-state index contributed by atoms with van der Waals surface area (Å²) in [6, 6.07) is 0. The Kier molecular flexibility index (Phi) is 3.92. The maximum atomic E-state index is 12.0. The number of nitrogens with one attached hydrogen (secondary N) is 4. The molecule has 19 heavy (non-hydrogen) atoms. The normalized spacial score (nSPS) is 22.2. The topological polar surface area (TPSA) is 125 Å². The van der Waals surface area contributed by atoms with Gasteiger partial charge in [0, 0.05) is 24.6 Å². The first-order valence-electron chi connectivity index (χ1n) is 5.44. The predicted octanol–water partition coefficient (Wildman–Crippen LogP) is -1.77. The summed E-state index contributed by atoms with van der Waals surface area (Å²) in [6.07, 6.45) is 2.37. The van der Waals surface area contributed by atoms with Crippen molar-refractivity contribution in [3.8, 4) is 0 Å². The molecule has 10 heteroatoms. The summed E-state index contributed by atoms with van der Waals surface area (Å²) >= 11 is 0. The molecule has 0 saturated heterocycles. The Morgan fingerprint density at radius 1 is 1.58 bits per heavy atom. The minimum Gasteiger partial charge on any atom is -0.383 e. The molecule has 0 aromatic heterocycles. The second kappa shape index (κ2) is 5.63. The number of fused-ring (bicyclic) bond motifs is 1. The van der Waals surface area contributed by atoms with Crippen LogP contribution in [0.5, 0.6) is 0 Å². The van der Waals surface area contributed by atoms with E-state index in [1.54, 1.807) is 6.20 Å². The van der Waals surface area contributed by atoms with Crippen LogP contribution < -0.4 is 33.0 Å². The highest BCUT2D eigenvalue weighted by Gasteiger charge is 2.25. The van der Waals surface area contributed by atoms with Gasteiger partial charge >= 0.3 is 6.55 Å². The molecule has 8 N–H and O–H groups in total. The van der Waals surface area contributed by atoms with Crippen molar-refractivity contribution in [1.29, 1.82) is 0 Å². The number of halogens is 2. The Hall–Kier alpha value is -2.20. The zero-order valence-corrected chi connectivity index (χ0v) is 9.82. The molecule has 0 bridgehead atoms. The van der Waals surface area contributed by atoms with Gasteiger partial charge in [-0.15, -0.1) is 0 Å². The highest BCUT2D eigenvalue weighted by Crippen LogP contribution is 2.12. The molecule has 1 unspecified atom stereocenters. The number of rotatable bonds is 4. The Morgan fingerprint density at radius 2 is 2.37 bits per heavy atom. The Bertz CT molecular complexity index is 467. The first-order chi connectivity index (χ1) is 9.10. The van der Waals surface area contributed by atoms with Crippen LogP contribution in [-0.2, 0) is 0 Å². The summed E-state index contributed by atoms with van der Waals surface area (Å²) in [5.74, 6) is 0.488. The van der Waals surface area contributed by atoms with Crippen molar-refractivity contribution in [1.82, 2.24) is 21.5 Å². The van der Waals surface area contributed by atoms with E-state index in [1.165, 1.54) is 0 Å². The lowest BCUT2D eigenvalue weighted by Crippen LogP contribution is -2.40. The number of amidine groups is 1. The standard InChI is InChI=1S/C9H14F2N8/c10-8(11)14-2-4(1-12)16-9-17-6(13)5-3-15-19-7(5)18-9/h2-3,7-8,14-15,19H,1,12H2,(H3,13,16,17,18)/b4-2+. The Morgan fingerprint density at radius 3 is 3.05 bits per heavy atom. The van der Waals surface area contributed by atoms with Gasteiger partial charge in [0.25, 0.3) is 0 Å². The van der Waals surface area contributed by atoms with Gasteiger partial charge < -0.3 is 27.5 Å². The lowest BCUT2D eigenvalue weighted by atomic mass is 10.2. The van der Waals surface area contributed by atoms with Gasteiger partial charge in [-0.25, -0.2) is 10.4 Å². The smallest absolute Gasteiger partial charge is 0.312 e. The molecule has 0 aromatic rings. The number of hydrogen-bond donors (Lipinski definition) is 6. The van der Waals surface area contributed by atoms with Gasteiger partial charge in [0.1, 0.15) is 5.84 Å². The summed E-state index contributed by atoms with van der Waals surface area (Å²) in [4.78, 5) is 8.21. The van der Waals surface area contributed by atoms with Crippen LogP contribution in [0.25, 0.3) is 0 Å². The van der Waals surface area contributed by atoms with E-state index in [4.69, 9.17) is 11.5 Å².